The molecule has 4 heteroatoms. The Balaban J connectivity index is 1.78. The number of methoxy groups -OCH3 is 1. The molecule has 0 bridgehead atoms. The van der Waals surface area contributed by atoms with E-state index in [-0.39, 0.29) is 23.2 Å². The van der Waals surface area contributed by atoms with Gasteiger partial charge in [0.1, 0.15) is 5.75 Å². The maximum absolute atomic E-state index is 13.8. The molecule has 3 aromatic rings. The van der Waals surface area contributed by atoms with E-state index in [0.29, 0.717) is 17.7 Å². The number of rotatable bonds is 5. The lowest BCUT2D eigenvalue weighted by atomic mass is 9.86. The monoisotopic (exact) mass is 404 g/mol. The van der Waals surface area contributed by atoms with Gasteiger partial charge in [0.25, 0.3) is 0 Å². The van der Waals surface area contributed by atoms with Crippen LogP contribution >= 0.6 is 0 Å². The van der Waals surface area contributed by atoms with Crippen molar-refractivity contribution in [3.05, 3.63) is 112 Å². The summed E-state index contributed by atoms with van der Waals surface area (Å²) in [5.41, 5.74) is 3.92. The van der Waals surface area contributed by atoms with Gasteiger partial charge in [0.2, 0.25) is 0 Å². The highest BCUT2D eigenvalue weighted by Crippen LogP contribution is 2.46. The van der Waals surface area contributed by atoms with Gasteiger partial charge >= 0.3 is 0 Å². The molecule has 1 aliphatic rings. The summed E-state index contributed by atoms with van der Waals surface area (Å²) in [6, 6.07) is 19.2. The lowest BCUT2D eigenvalue weighted by molar-refractivity contribution is 0.102. The number of aryl methyl sites for hydroxylation is 1. The molecule has 152 valence electrons. The second-order valence-electron chi connectivity index (χ2n) is 7.63. The molecule has 1 aliphatic carbocycles. The zero-order chi connectivity index (χ0) is 21.3. The molecule has 30 heavy (non-hydrogen) atoms. The van der Waals surface area contributed by atoms with Crippen molar-refractivity contribution >= 4 is 5.78 Å². The van der Waals surface area contributed by atoms with E-state index in [1.807, 2.05) is 37.3 Å². The minimum Gasteiger partial charge on any atom is -0.496 e. The molecule has 0 amide bonds. The summed E-state index contributed by atoms with van der Waals surface area (Å²) in [5, 5.41) is 0. The maximum Gasteiger partial charge on any atom is 0.189 e. The first-order valence-corrected chi connectivity index (χ1v) is 9.89. The number of halogens is 2. The average Bonchev–Trinajstić information content (AvgIpc) is 3.20. The third-order valence-corrected chi connectivity index (χ3v) is 5.71. The van der Waals surface area contributed by atoms with E-state index < -0.39 is 11.6 Å². The zero-order valence-corrected chi connectivity index (χ0v) is 16.9. The van der Waals surface area contributed by atoms with Crippen LogP contribution in [0.4, 0.5) is 8.78 Å². The van der Waals surface area contributed by atoms with Crippen LogP contribution in [0.25, 0.3) is 0 Å². The number of ketones is 1. The first-order chi connectivity index (χ1) is 14.5. The van der Waals surface area contributed by atoms with Gasteiger partial charge in [-0.05, 0) is 43.2 Å². The molecule has 0 N–H and O–H groups in total. The highest BCUT2D eigenvalue weighted by Gasteiger charge is 2.34. The summed E-state index contributed by atoms with van der Waals surface area (Å²) >= 11 is 0. The Kier molecular flexibility index (Phi) is 5.49. The van der Waals surface area contributed by atoms with Gasteiger partial charge in [0.05, 0.1) is 7.11 Å². The molecular weight excluding hydrogens is 382 g/mol. The molecule has 0 saturated heterocycles. The molecule has 2 unspecified atom stereocenters. The smallest absolute Gasteiger partial charge is 0.189 e. The van der Waals surface area contributed by atoms with E-state index >= 15 is 0 Å². The number of benzene rings is 3. The van der Waals surface area contributed by atoms with Gasteiger partial charge in [-0.15, -0.1) is 0 Å². The fourth-order valence-corrected chi connectivity index (χ4v) is 4.11. The average molecular weight is 404 g/mol. The van der Waals surface area contributed by atoms with E-state index in [4.69, 9.17) is 4.74 Å². The Labute approximate surface area is 174 Å². The highest BCUT2D eigenvalue weighted by atomic mass is 19.2. The van der Waals surface area contributed by atoms with Crippen molar-refractivity contribution in [1.82, 2.24) is 0 Å². The van der Waals surface area contributed by atoms with Gasteiger partial charge in [-0.25, -0.2) is 8.78 Å². The Morgan fingerprint density at radius 1 is 0.967 bits per heavy atom. The fourth-order valence-electron chi connectivity index (χ4n) is 4.11. The van der Waals surface area contributed by atoms with Crippen LogP contribution in [-0.4, -0.2) is 12.9 Å². The van der Waals surface area contributed by atoms with Gasteiger partial charge in [-0.1, -0.05) is 54.1 Å². The van der Waals surface area contributed by atoms with E-state index in [0.717, 1.165) is 23.3 Å². The third kappa shape index (κ3) is 3.78. The molecule has 4 rings (SSSR count). The Hall–Kier alpha value is -3.27. The molecule has 0 radical (unpaired) electrons. The highest BCUT2D eigenvalue weighted by molar-refractivity contribution is 6.10. The molecule has 0 aliphatic heterocycles. The predicted molar refractivity (Wildman–Crippen MR) is 113 cm³/mol. The van der Waals surface area contributed by atoms with Crippen LogP contribution < -0.4 is 4.74 Å². The van der Waals surface area contributed by atoms with E-state index in [9.17, 15) is 13.6 Å². The van der Waals surface area contributed by atoms with Crippen LogP contribution in [0.5, 0.6) is 5.75 Å². The molecule has 0 aromatic heterocycles. The SMILES string of the molecule is COc1ccccc1C1CC(c2ccc(C)cc2)C=C1C(=O)c1ccc(F)c(F)c1. The number of para-hydroxylation sites is 1. The Morgan fingerprint density at radius 3 is 2.40 bits per heavy atom. The second kappa shape index (κ2) is 8.23. The normalized spacial score (nSPS) is 18.2. The van der Waals surface area contributed by atoms with Crippen LogP contribution in [0.1, 0.15) is 45.3 Å². The molecule has 2 atom stereocenters. The van der Waals surface area contributed by atoms with Crippen LogP contribution in [-0.2, 0) is 0 Å². The van der Waals surface area contributed by atoms with Crippen LogP contribution in [0.2, 0.25) is 0 Å². The van der Waals surface area contributed by atoms with Gasteiger partial charge in [0, 0.05) is 28.5 Å². The zero-order valence-electron chi connectivity index (χ0n) is 16.9. The number of Topliss-reactive ketones (excluding diaryl/α,β-unsaturated/α-hetero) is 1. The molecule has 2 nitrogen and oxygen atoms in total. The first kappa shape index (κ1) is 20.0. The number of carbonyl (C=O) groups excluding carboxylic acids is 1. The largest absolute Gasteiger partial charge is 0.496 e. The summed E-state index contributed by atoms with van der Waals surface area (Å²) in [6.07, 6.45) is 2.67. The van der Waals surface area contributed by atoms with Crippen molar-refractivity contribution < 1.29 is 18.3 Å². The topological polar surface area (TPSA) is 26.3 Å². The molecule has 3 aromatic carbocycles. The quantitative estimate of drug-likeness (QED) is 0.462. The third-order valence-electron chi connectivity index (χ3n) is 5.71. The van der Waals surface area contributed by atoms with Crippen molar-refractivity contribution in [1.29, 1.82) is 0 Å². The minimum absolute atomic E-state index is 0.0461. The van der Waals surface area contributed by atoms with Crippen molar-refractivity contribution in [2.75, 3.05) is 7.11 Å². The maximum atomic E-state index is 13.8. The molecule has 0 heterocycles. The van der Waals surface area contributed by atoms with Gasteiger partial charge < -0.3 is 4.74 Å². The number of ether oxygens (including phenoxy) is 1. The summed E-state index contributed by atoms with van der Waals surface area (Å²) in [4.78, 5) is 13.3. The summed E-state index contributed by atoms with van der Waals surface area (Å²) < 4.78 is 32.7. The summed E-state index contributed by atoms with van der Waals surface area (Å²) in [7, 11) is 1.60. The van der Waals surface area contributed by atoms with Crippen molar-refractivity contribution in [2.45, 2.75) is 25.2 Å². The molecule has 0 spiro atoms. The van der Waals surface area contributed by atoms with Gasteiger partial charge in [-0.2, -0.15) is 0 Å². The van der Waals surface area contributed by atoms with Crippen LogP contribution in [0.15, 0.2) is 78.4 Å². The standard InChI is InChI=1S/C26H22F2O2/c1-16-7-9-17(10-8-16)19-13-21(20-5-3-4-6-25(20)30-2)22(14-19)26(29)18-11-12-23(27)24(28)15-18/h3-12,14-15,19,21H,13H2,1-2H3. The van der Waals surface area contributed by atoms with Crippen LogP contribution in [0, 0.1) is 18.6 Å². The number of hydrogen-bond donors (Lipinski definition) is 0. The van der Waals surface area contributed by atoms with E-state index in [1.54, 1.807) is 7.11 Å². The molecular formula is C26H22F2O2. The van der Waals surface area contributed by atoms with Crippen molar-refractivity contribution in [3.63, 3.8) is 0 Å². The summed E-state index contributed by atoms with van der Waals surface area (Å²) in [5.74, 6) is -1.73. The van der Waals surface area contributed by atoms with Crippen molar-refractivity contribution in [2.24, 2.45) is 0 Å². The predicted octanol–water partition coefficient (Wildman–Crippen LogP) is 6.36. The second-order valence-corrected chi connectivity index (χ2v) is 7.63. The lowest BCUT2D eigenvalue weighted by Crippen LogP contribution is -2.11. The van der Waals surface area contributed by atoms with E-state index in [1.165, 1.54) is 11.6 Å². The fraction of sp³-hybridized carbons (Fsp3) is 0.192. The molecule has 0 saturated carbocycles. The van der Waals surface area contributed by atoms with Crippen molar-refractivity contribution in [3.8, 4) is 5.75 Å². The Morgan fingerprint density at radius 2 is 1.70 bits per heavy atom. The van der Waals surface area contributed by atoms with E-state index in [2.05, 4.69) is 24.3 Å². The number of carbonyl (C=O) groups is 1. The molecule has 0 fully saturated rings. The first-order valence-electron chi connectivity index (χ1n) is 9.89. The van der Waals surface area contributed by atoms with Gasteiger partial charge in [0.15, 0.2) is 17.4 Å². The Bertz CT molecular complexity index is 1120. The minimum atomic E-state index is -1.02. The lowest BCUT2D eigenvalue weighted by Gasteiger charge is -2.19. The number of hydrogen-bond acceptors (Lipinski definition) is 2. The van der Waals surface area contributed by atoms with Gasteiger partial charge in [-0.3, -0.25) is 4.79 Å². The number of allylic oxidation sites excluding steroid dienone is 2. The summed E-state index contributed by atoms with van der Waals surface area (Å²) in [6.45, 7) is 2.03. The van der Waals surface area contributed by atoms with Crippen LogP contribution in [0.3, 0.4) is 0 Å².